The summed E-state index contributed by atoms with van der Waals surface area (Å²) in [6.07, 6.45) is 2.96. The van der Waals surface area contributed by atoms with Crippen LogP contribution in [-0.2, 0) is 19.0 Å². The van der Waals surface area contributed by atoms with Gasteiger partial charge in [0.1, 0.15) is 5.60 Å². The van der Waals surface area contributed by atoms with Crippen molar-refractivity contribution in [1.82, 2.24) is 4.90 Å². The summed E-state index contributed by atoms with van der Waals surface area (Å²) in [6, 6.07) is 5.06. The van der Waals surface area contributed by atoms with Crippen LogP contribution in [0.25, 0.3) is 0 Å². The van der Waals surface area contributed by atoms with Crippen molar-refractivity contribution in [3.63, 3.8) is 0 Å². The summed E-state index contributed by atoms with van der Waals surface area (Å²) in [5.74, 6) is -0.186. The summed E-state index contributed by atoms with van der Waals surface area (Å²) in [7, 11) is 1.34. The van der Waals surface area contributed by atoms with Gasteiger partial charge in [0.05, 0.1) is 30.2 Å². The minimum Gasteiger partial charge on any atom is -0.465 e. The van der Waals surface area contributed by atoms with E-state index in [9.17, 15) is 14.4 Å². The Bertz CT molecular complexity index is 954. The molecule has 0 aromatic heterocycles. The molecular formula is C25H35N3O6. The van der Waals surface area contributed by atoms with Crippen LogP contribution in [0, 0.1) is 11.3 Å². The number of benzene rings is 1. The molecule has 0 radical (unpaired) electrons. The maximum absolute atomic E-state index is 13.0. The standard InChI is InChI=1S/C25H35N3O6/c1-24(2,3)34-23(31)28-9-8-25(12-17(25)15-28)13-21(29)27-19-6-5-16(22(30)32-4)11-20(19)26-14-18-7-10-33-18/h5-6,11,17-18,26H,7-10,12-15H2,1-4H3,(H,27,29)/t17?,18-,25?/m0/s1. The second-order valence-electron chi connectivity index (χ2n) is 10.6. The number of carbonyl (C=O) groups is 3. The van der Waals surface area contributed by atoms with Crippen LogP contribution < -0.4 is 10.6 Å². The molecule has 3 fully saturated rings. The highest BCUT2D eigenvalue weighted by atomic mass is 16.6. The predicted octanol–water partition coefficient (Wildman–Crippen LogP) is 3.65. The molecule has 2 heterocycles. The van der Waals surface area contributed by atoms with E-state index in [2.05, 4.69) is 10.6 Å². The monoisotopic (exact) mass is 473 g/mol. The molecule has 2 amide bonds. The first-order chi connectivity index (χ1) is 16.1. The molecule has 2 unspecified atom stereocenters. The summed E-state index contributed by atoms with van der Waals surface area (Å²) in [6.45, 7) is 8.17. The molecule has 0 bridgehead atoms. The van der Waals surface area contributed by atoms with Crippen LogP contribution in [0.2, 0.25) is 0 Å². The van der Waals surface area contributed by atoms with Gasteiger partial charge in [-0.1, -0.05) is 0 Å². The third-order valence-electron chi connectivity index (χ3n) is 6.87. The van der Waals surface area contributed by atoms with Crippen molar-refractivity contribution in [2.24, 2.45) is 11.3 Å². The summed E-state index contributed by atoms with van der Waals surface area (Å²) in [4.78, 5) is 39.1. The number of rotatable bonds is 7. The van der Waals surface area contributed by atoms with Gasteiger partial charge >= 0.3 is 12.1 Å². The first-order valence-electron chi connectivity index (χ1n) is 11.9. The van der Waals surface area contributed by atoms with E-state index in [0.717, 1.165) is 25.9 Å². The van der Waals surface area contributed by atoms with Gasteiger partial charge in [0.15, 0.2) is 0 Å². The fraction of sp³-hybridized carbons (Fsp3) is 0.640. The maximum Gasteiger partial charge on any atom is 0.410 e. The van der Waals surface area contributed by atoms with Gasteiger partial charge in [0.2, 0.25) is 5.91 Å². The number of nitrogens with zero attached hydrogens (tertiary/aromatic N) is 1. The van der Waals surface area contributed by atoms with E-state index in [1.165, 1.54) is 7.11 Å². The third-order valence-corrected chi connectivity index (χ3v) is 6.87. The lowest BCUT2D eigenvalue weighted by atomic mass is 9.91. The van der Waals surface area contributed by atoms with E-state index in [4.69, 9.17) is 14.2 Å². The largest absolute Gasteiger partial charge is 0.465 e. The number of amides is 2. The minimum atomic E-state index is -0.519. The zero-order chi connectivity index (χ0) is 24.5. The average Bonchev–Trinajstić information content (AvgIpc) is 3.44. The Kier molecular flexibility index (Phi) is 6.75. The van der Waals surface area contributed by atoms with E-state index >= 15 is 0 Å². The van der Waals surface area contributed by atoms with Gasteiger partial charge in [0, 0.05) is 32.7 Å². The number of carbonyl (C=O) groups excluding carboxylic acids is 3. The zero-order valence-electron chi connectivity index (χ0n) is 20.4. The highest BCUT2D eigenvalue weighted by Crippen LogP contribution is 2.60. The van der Waals surface area contributed by atoms with E-state index in [1.807, 2.05) is 20.8 Å². The van der Waals surface area contributed by atoms with Crippen LogP contribution in [0.15, 0.2) is 18.2 Å². The van der Waals surface area contributed by atoms with Crippen LogP contribution in [-0.4, -0.2) is 67.9 Å². The Morgan fingerprint density at radius 3 is 2.62 bits per heavy atom. The summed E-state index contributed by atoms with van der Waals surface area (Å²) in [5, 5.41) is 6.31. The van der Waals surface area contributed by atoms with Crippen LogP contribution in [0.1, 0.15) is 56.8 Å². The average molecular weight is 474 g/mol. The lowest BCUT2D eigenvalue weighted by Gasteiger charge is -2.33. The van der Waals surface area contributed by atoms with Crippen molar-refractivity contribution in [2.45, 2.75) is 58.2 Å². The highest BCUT2D eigenvalue weighted by Gasteiger charge is 2.58. The molecule has 3 aliphatic rings. The molecule has 9 nitrogen and oxygen atoms in total. The second kappa shape index (κ2) is 9.44. The lowest BCUT2D eigenvalue weighted by Crippen LogP contribution is -2.42. The molecule has 0 spiro atoms. The van der Waals surface area contributed by atoms with Crippen molar-refractivity contribution in [3.05, 3.63) is 23.8 Å². The zero-order valence-corrected chi connectivity index (χ0v) is 20.4. The van der Waals surface area contributed by atoms with Gasteiger partial charge in [-0.3, -0.25) is 4.79 Å². The Hall–Kier alpha value is -2.81. The molecule has 2 aliphatic heterocycles. The van der Waals surface area contributed by atoms with E-state index < -0.39 is 11.6 Å². The molecule has 1 aromatic carbocycles. The minimum absolute atomic E-state index is 0.0537. The number of fused-ring (bicyclic) bond motifs is 1. The highest BCUT2D eigenvalue weighted by molar-refractivity contribution is 5.97. The number of esters is 1. The molecule has 1 aromatic rings. The molecule has 9 heteroatoms. The summed E-state index contributed by atoms with van der Waals surface area (Å²) >= 11 is 0. The molecule has 1 aliphatic carbocycles. The van der Waals surface area contributed by atoms with Gasteiger partial charge in [-0.2, -0.15) is 0 Å². The van der Waals surface area contributed by atoms with Crippen molar-refractivity contribution in [3.8, 4) is 0 Å². The normalized spacial score (nSPS) is 25.5. The van der Waals surface area contributed by atoms with Crippen molar-refractivity contribution in [1.29, 1.82) is 0 Å². The van der Waals surface area contributed by atoms with E-state index in [-0.39, 0.29) is 23.5 Å². The Balaban J connectivity index is 1.36. The number of hydrogen-bond donors (Lipinski definition) is 2. The molecule has 2 N–H and O–H groups in total. The summed E-state index contributed by atoms with van der Waals surface area (Å²) in [5.41, 5.74) is 1.12. The number of piperidine rings is 1. The van der Waals surface area contributed by atoms with Crippen LogP contribution >= 0.6 is 0 Å². The van der Waals surface area contributed by atoms with E-state index in [1.54, 1.807) is 23.1 Å². The molecule has 4 rings (SSSR count). The summed E-state index contributed by atoms with van der Waals surface area (Å²) < 4.78 is 15.8. The number of likely N-dealkylation sites (tertiary alicyclic amines) is 1. The fourth-order valence-electron chi connectivity index (χ4n) is 4.74. The maximum atomic E-state index is 13.0. The molecule has 2 saturated heterocycles. The van der Waals surface area contributed by atoms with Crippen LogP contribution in [0.5, 0.6) is 0 Å². The van der Waals surface area contributed by atoms with Crippen molar-refractivity contribution < 1.29 is 28.6 Å². The van der Waals surface area contributed by atoms with Gasteiger partial charge in [-0.15, -0.1) is 0 Å². The number of methoxy groups -OCH3 is 1. The number of nitrogens with one attached hydrogen (secondary N) is 2. The topological polar surface area (TPSA) is 106 Å². The fourth-order valence-corrected chi connectivity index (χ4v) is 4.74. The van der Waals surface area contributed by atoms with Gasteiger partial charge in [-0.25, -0.2) is 9.59 Å². The number of ether oxygens (including phenoxy) is 3. The number of anilines is 2. The van der Waals surface area contributed by atoms with Gasteiger partial charge < -0.3 is 29.7 Å². The Labute approximate surface area is 200 Å². The first-order valence-corrected chi connectivity index (χ1v) is 11.9. The third kappa shape index (κ3) is 5.63. The molecular weight excluding hydrogens is 438 g/mol. The van der Waals surface area contributed by atoms with Crippen LogP contribution in [0.4, 0.5) is 16.2 Å². The molecule has 1 saturated carbocycles. The van der Waals surface area contributed by atoms with Crippen LogP contribution in [0.3, 0.4) is 0 Å². The number of hydrogen-bond acceptors (Lipinski definition) is 7. The lowest BCUT2D eigenvalue weighted by molar-refractivity contribution is -0.117. The molecule has 186 valence electrons. The quantitative estimate of drug-likeness (QED) is 0.582. The predicted molar refractivity (Wildman–Crippen MR) is 127 cm³/mol. The van der Waals surface area contributed by atoms with Crippen molar-refractivity contribution >= 4 is 29.3 Å². The smallest absolute Gasteiger partial charge is 0.410 e. The Morgan fingerprint density at radius 2 is 2.00 bits per heavy atom. The second-order valence-corrected chi connectivity index (χ2v) is 10.6. The Morgan fingerprint density at radius 1 is 1.24 bits per heavy atom. The molecule has 34 heavy (non-hydrogen) atoms. The van der Waals surface area contributed by atoms with Gasteiger partial charge in [-0.05, 0) is 69.6 Å². The van der Waals surface area contributed by atoms with E-state index in [0.29, 0.717) is 48.9 Å². The first kappa shape index (κ1) is 24.3. The SMILES string of the molecule is COC(=O)c1ccc(NC(=O)CC23CCN(C(=O)OC(C)(C)C)CC2C3)c(NC[C@@H]2CCO2)c1. The van der Waals surface area contributed by atoms with Crippen molar-refractivity contribution in [2.75, 3.05) is 44.0 Å². The molecule has 3 atom stereocenters. The van der Waals surface area contributed by atoms with Gasteiger partial charge in [0.25, 0.3) is 0 Å².